The molecule has 0 amide bonds. The summed E-state index contributed by atoms with van der Waals surface area (Å²) in [5.41, 5.74) is -0.211. The van der Waals surface area contributed by atoms with Crippen molar-refractivity contribution in [1.29, 1.82) is 0 Å². The van der Waals surface area contributed by atoms with Crippen LogP contribution >= 0.6 is 0 Å². The summed E-state index contributed by atoms with van der Waals surface area (Å²) in [4.78, 5) is 12.6. The lowest BCUT2D eigenvalue weighted by molar-refractivity contribution is -0.150. The summed E-state index contributed by atoms with van der Waals surface area (Å²) in [7, 11) is 1.65. The van der Waals surface area contributed by atoms with Crippen LogP contribution < -0.4 is 4.74 Å². The minimum atomic E-state index is -0.771. The molecular formula is C18H24O4. The van der Waals surface area contributed by atoms with E-state index in [9.17, 15) is 4.79 Å². The molecule has 120 valence electrons. The molecule has 2 aliphatic rings. The Bertz CT molecular complexity index is 539. The Hall–Kier alpha value is -1.55. The minimum absolute atomic E-state index is 0.188. The molecule has 1 aliphatic carbocycles. The van der Waals surface area contributed by atoms with Crippen LogP contribution in [0.4, 0.5) is 0 Å². The molecule has 3 rings (SSSR count). The van der Waals surface area contributed by atoms with Gasteiger partial charge in [0.15, 0.2) is 5.60 Å². The molecule has 2 atom stereocenters. The predicted octanol–water partition coefficient (Wildman–Crippen LogP) is 3.58. The molecule has 1 aliphatic heterocycles. The summed E-state index contributed by atoms with van der Waals surface area (Å²) < 4.78 is 16.8. The van der Waals surface area contributed by atoms with Crippen LogP contribution in [0.25, 0.3) is 0 Å². The molecule has 1 saturated carbocycles. The van der Waals surface area contributed by atoms with Gasteiger partial charge in [-0.15, -0.1) is 0 Å². The van der Waals surface area contributed by atoms with E-state index in [1.54, 1.807) is 7.11 Å². The third kappa shape index (κ3) is 2.30. The second kappa shape index (κ2) is 5.92. The highest BCUT2D eigenvalue weighted by Crippen LogP contribution is 2.63. The zero-order valence-electron chi connectivity index (χ0n) is 13.4. The zero-order valence-corrected chi connectivity index (χ0v) is 13.4. The average Bonchev–Trinajstić information content (AvgIpc) is 3.24. The maximum Gasteiger partial charge on any atom is 0.341 e. The van der Waals surface area contributed by atoms with Gasteiger partial charge in [-0.3, -0.25) is 0 Å². The van der Waals surface area contributed by atoms with Gasteiger partial charge in [0.25, 0.3) is 0 Å². The number of fused-ring (bicyclic) bond motifs is 1. The SMILES string of the molecule is CCCOC(=O)C12CCCCCC1(c1ccc(OC)cc1)O2. The van der Waals surface area contributed by atoms with E-state index in [2.05, 4.69) is 0 Å². The maximum atomic E-state index is 12.6. The molecule has 2 unspecified atom stereocenters. The van der Waals surface area contributed by atoms with Crippen LogP contribution in [0.15, 0.2) is 24.3 Å². The quantitative estimate of drug-likeness (QED) is 0.616. The van der Waals surface area contributed by atoms with Crippen LogP contribution in [0.5, 0.6) is 5.75 Å². The molecule has 1 heterocycles. The van der Waals surface area contributed by atoms with E-state index in [1.807, 2.05) is 31.2 Å². The van der Waals surface area contributed by atoms with Gasteiger partial charge in [0.05, 0.1) is 13.7 Å². The van der Waals surface area contributed by atoms with Crippen molar-refractivity contribution in [3.05, 3.63) is 29.8 Å². The summed E-state index contributed by atoms with van der Waals surface area (Å²) in [5, 5.41) is 0. The Morgan fingerprint density at radius 2 is 1.91 bits per heavy atom. The van der Waals surface area contributed by atoms with Gasteiger partial charge in [-0.05, 0) is 43.4 Å². The Balaban J connectivity index is 1.90. The smallest absolute Gasteiger partial charge is 0.341 e. The van der Waals surface area contributed by atoms with Crippen LogP contribution in [0, 0.1) is 0 Å². The first-order chi connectivity index (χ1) is 10.7. The first-order valence-corrected chi connectivity index (χ1v) is 8.20. The average molecular weight is 304 g/mol. The van der Waals surface area contributed by atoms with E-state index in [1.165, 1.54) is 0 Å². The lowest BCUT2D eigenvalue weighted by Gasteiger charge is -2.17. The van der Waals surface area contributed by atoms with E-state index in [-0.39, 0.29) is 5.97 Å². The van der Waals surface area contributed by atoms with Crippen LogP contribution in [0.2, 0.25) is 0 Å². The second-order valence-electron chi connectivity index (χ2n) is 6.18. The Kier molecular flexibility index (Phi) is 4.13. The standard InChI is InChI=1S/C18H24O4/c1-3-13-21-16(19)18-12-6-4-5-11-17(18,22-18)14-7-9-15(20-2)10-8-14/h7-10H,3-6,11-13H2,1-2H3. The number of epoxide rings is 1. The molecule has 1 saturated heterocycles. The number of carbonyl (C=O) groups is 1. The summed E-state index contributed by atoms with van der Waals surface area (Å²) in [6.45, 7) is 2.46. The van der Waals surface area contributed by atoms with Crippen molar-refractivity contribution in [1.82, 2.24) is 0 Å². The van der Waals surface area contributed by atoms with E-state index in [4.69, 9.17) is 14.2 Å². The van der Waals surface area contributed by atoms with Gasteiger partial charge < -0.3 is 14.2 Å². The molecule has 0 spiro atoms. The van der Waals surface area contributed by atoms with Crippen LogP contribution in [-0.4, -0.2) is 25.3 Å². The molecule has 0 radical (unpaired) electrons. The van der Waals surface area contributed by atoms with Gasteiger partial charge in [-0.1, -0.05) is 31.9 Å². The normalized spacial score (nSPS) is 30.1. The van der Waals surface area contributed by atoms with Gasteiger partial charge >= 0.3 is 5.97 Å². The summed E-state index contributed by atoms with van der Waals surface area (Å²) >= 11 is 0. The van der Waals surface area contributed by atoms with Crippen LogP contribution in [-0.2, 0) is 19.9 Å². The molecule has 22 heavy (non-hydrogen) atoms. The molecular weight excluding hydrogens is 280 g/mol. The fourth-order valence-electron chi connectivity index (χ4n) is 3.62. The van der Waals surface area contributed by atoms with Gasteiger partial charge in [-0.25, -0.2) is 4.79 Å². The molecule has 1 aromatic rings. The molecule has 4 nitrogen and oxygen atoms in total. The molecule has 1 aromatic carbocycles. The largest absolute Gasteiger partial charge is 0.497 e. The first-order valence-electron chi connectivity index (χ1n) is 8.20. The lowest BCUT2D eigenvalue weighted by atomic mass is 9.82. The number of esters is 1. The summed E-state index contributed by atoms with van der Waals surface area (Å²) in [5.74, 6) is 0.626. The van der Waals surface area contributed by atoms with Crippen LogP contribution in [0.3, 0.4) is 0 Å². The second-order valence-corrected chi connectivity index (χ2v) is 6.18. The van der Waals surface area contributed by atoms with Gasteiger partial charge in [0, 0.05) is 0 Å². The maximum absolute atomic E-state index is 12.6. The third-order valence-electron chi connectivity index (χ3n) is 4.84. The molecule has 0 bridgehead atoms. The van der Waals surface area contributed by atoms with Crippen molar-refractivity contribution in [2.45, 2.75) is 56.7 Å². The topological polar surface area (TPSA) is 48.1 Å². The summed E-state index contributed by atoms with van der Waals surface area (Å²) in [6.07, 6.45) is 5.69. The van der Waals surface area contributed by atoms with E-state index >= 15 is 0 Å². The zero-order chi connectivity index (χ0) is 15.6. The fraction of sp³-hybridized carbons (Fsp3) is 0.611. The van der Waals surface area contributed by atoms with E-state index in [0.717, 1.165) is 49.8 Å². The predicted molar refractivity (Wildman–Crippen MR) is 82.8 cm³/mol. The number of methoxy groups -OCH3 is 1. The number of hydrogen-bond donors (Lipinski definition) is 0. The van der Waals surface area contributed by atoms with Crippen molar-refractivity contribution in [2.75, 3.05) is 13.7 Å². The minimum Gasteiger partial charge on any atom is -0.497 e. The van der Waals surface area contributed by atoms with Crippen molar-refractivity contribution >= 4 is 5.97 Å². The number of rotatable bonds is 5. The van der Waals surface area contributed by atoms with E-state index in [0.29, 0.717) is 6.61 Å². The number of carbonyl (C=O) groups excluding carboxylic acids is 1. The monoisotopic (exact) mass is 304 g/mol. The Morgan fingerprint density at radius 1 is 1.18 bits per heavy atom. The van der Waals surface area contributed by atoms with Crippen molar-refractivity contribution in [3.63, 3.8) is 0 Å². The van der Waals surface area contributed by atoms with E-state index < -0.39 is 11.2 Å². The van der Waals surface area contributed by atoms with Crippen molar-refractivity contribution in [3.8, 4) is 5.75 Å². The highest BCUT2D eigenvalue weighted by Gasteiger charge is 2.75. The van der Waals surface area contributed by atoms with Gasteiger partial charge in [-0.2, -0.15) is 0 Å². The number of benzene rings is 1. The third-order valence-corrected chi connectivity index (χ3v) is 4.84. The molecule has 0 N–H and O–H groups in total. The molecule has 4 heteroatoms. The fourth-order valence-corrected chi connectivity index (χ4v) is 3.62. The number of ether oxygens (including phenoxy) is 3. The first kappa shape index (κ1) is 15.3. The summed E-state index contributed by atoms with van der Waals surface area (Å²) in [6, 6.07) is 7.88. The highest BCUT2D eigenvalue weighted by atomic mass is 16.7. The van der Waals surface area contributed by atoms with Crippen molar-refractivity contribution in [2.24, 2.45) is 0 Å². The van der Waals surface area contributed by atoms with Gasteiger partial charge in [0.1, 0.15) is 11.4 Å². The molecule has 0 aromatic heterocycles. The molecule has 2 fully saturated rings. The highest BCUT2D eigenvalue weighted by molar-refractivity contribution is 5.85. The van der Waals surface area contributed by atoms with Crippen molar-refractivity contribution < 1.29 is 19.0 Å². The number of hydrogen-bond acceptors (Lipinski definition) is 4. The van der Waals surface area contributed by atoms with Crippen LogP contribution in [0.1, 0.15) is 51.0 Å². The Labute approximate surface area is 131 Å². The van der Waals surface area contributed by atoms with Gasteiger partial charge in [0.2, 0.25) is 0 Å². The lowest BCUT2D eigenvalue weighted by Crippen LogP contribution is -2.34. The Morgan fingerprint density at radius 3 is 2.59 bits per heavy atom.